The summed E-state index contributed by atoms with van der Waals surface area (Å²) in [6, 6.07) is 8.45. The molecular weight excluding hydrogens is 222 g/mol. The van der Waals surface area contributed by atoms with Gasteiger partial charge in [0.05, 0.1) is 11.2 Å². The number of aryl methyl sites for hydroxylation is 2. The largest absolute Gasteiger partial charge is 0.316 e. The zero-order valence-electron chi connectivity index (χ0n) is 11.6. The predicted molar refractivity (Wildman–Crippen MR) is 76.7 cm³/mol. The summed E-state index contributed by atoms with van der Waals surface area (Å²) in [5.41, 5.74) is 2.45. The topological polar surface area (TPSA) is 29.9 Å². The maximum absolute atomic E-state index is 4.61. The third-order valence-corrected chi connectivity index (χ3v) is 3.15. The first-order valence-corrected chi connectivity index (χ1v) is 6.80. The third-order valence-electron chi connectivity index (χ3n) is 3.15. The Labute approximate surface area is 109 Å². The Morgan fingerprint density at radius 1 is 1.28 bits per heavy atom. The quantitative estimate of drug-likeness (QED) is 0.793. The molecule has 0 saturated heterocycles. The highest BCUT2D eigenvalue weighted by Gasteiger charge is 2.06. The Bertz CT molecular complexity index is 499. The highest BCUT2D eigenvalue weighted by Crippen LogP contribution is 2.18. The van der Waals surface area contributed by atoms with E-state index in [1.165, 1.54) is 16.6 Å². The number of hydrogen-bond donors (Lipinski definition) is 1. The van der Waals surface area contributed by atoms with Crippen LogP contribution in [0.2, 0.25) is 0 Å². The molecule has 0 unspecified atom stereocenters. The zero-order valence-corrected chi connectivity index (χ0v) is 11.6. The van der Waals surface area contributed by atoms with Crippen LogP contribution in [0.4, 0.5) is 0 Å². The molecule has 0 bridgehead atoms. The van der Waals surface area contributed by atoms with Crippen molar-refractivity contribution in [2.45, 2.75) is 26.7 Å². The fraction of sp³-hybridized carbons (Fsp3) is 0.533. The second kappa shape index (κ2) is 6.01. The number of rotatable bonds is 6. The lowest BCUT2D eigenvalue weighted by atomic mass is 10.1. The van der Waals surface area contributed by atoms with Crippen molar-refractivity contribution in [1.29, 1.82) is 0 Å². The first-order valence-electron chi connectivity index (χ1n) is 6.80. The smallest absolute Gasteiger partial charge is 0.0703 e. The van der Waals surface area contributed by atoms with Crippen molar-refractivity contribution in [2.24, 2.45) is 13.0 Å². The van der Waals surface area contributed by atoms with E-state index in [-0.39, 0.29) is 0 Å². The van der Waals surface area contributed by atoms with Crippen LogP contribution in [0.3, 0.4) is 0 Å². The van der Waals surface area contributed by atoms with Gasteiger partial charge in [0.25, 0.3) is 0 Å². The Balaban J connectivity index is 1.92. The van der Waals surface area contributed by atoms with E-state index in [2.05, 4.69) is 48.5 Å². The summed E-state index contributed by atoms with van der Waals surface area (Å²) in [6.07, 6.45) is 2.19. The van der Waals surface area contributed by atoms with Gasteiger partial charge in [-0.05, 0) is 37.9 Å². The maximum atomic E-state index is 4.61. The van der Waals surface area contributed by atoms with E-state index in [1.54, 1.807) is 0 Å². The summed E-state index contributed by atoms with van der Waals surface area (Å²) in [5.74, 6) is 0.723. The van der Waals surface area contributed by atoms with Gasteiger partial charge in [-0.25, -0.2) is 0 Å². The Morgan fingerprint density at radius 2 is 2.06 bits per heavy atom. The number of para-hydroxylation sites is 1. The van der Waals surface area contributed by atoms with Crippen LogP contribution in [-0.4, -0.2) is 22.9 Å². The van der Waals surface area contributed by atoms with Crippen LogP contribution < -0.4 is 5.32 Å². The molecule has 2 rings (SSSR count). The minimum Gasteiger partial charge on any atom is -0.316 e. The molecule has 0 spiro atoms. The Morgan fingerprint density at radius 3 is 2.83 bits per heavy atom. The van der Waals surface area contributed by atoms with Gasteiger partial charge in [0, 0.05) is 12.4 Å². The van der Waals surface area contributed by atoms with Gasteiger partial charge in [-0.1, -0.05) is 32.0 Å². The number of fused-ring (bicyclic) bond motifs is 1. The van der Waals surface area contributed by atoms with Crippen LogP contribution in [0.25, 0.3) is 10.9 Å². The average Bonchev–Trinajstić information content (AvgIpc) is 2.66. The molecule has 1 aromatic carbocycles. The molecule has 1 aromatic heterocycles. The van der Waals surface area contributed by atoms with Crippen molar-refractivity contribution in [3.63, 3.8) is 0 Å². The first-order chi connectivity index (χ1) is 8.68. The van der Waals surface area contributed by atoms with Gasteiger partial charge in [-0.15, -0.1) is 0 Å². The van der Waals surface area contributed by atoms with Crippen molar-refractivity contribution in [3.05, 3.63) is 30.0 Å². The molecule has 0 radical (unpaired) electrons. The molecule has 3 heteroatoms. The van der Waals surface area contributed by atoms with Crippen molar-refractivity contribution >= 4 is 10.9 Å². The van der Waals surface area contributed by atoms with Crippen LogP contribution in [0.1, 0.15) is 26.0 Å². The molecule has 0 amide bonds. The normalized spacial score (nSPS) is 11.6. The maximum Gasteiger partial charge on any atom is 0.0703 e. The van der Waals surface area contributed by atoms with Crippen LogP contribution in [0.5, 0.6) is 0 Å². The summed E-state index contributed by atoms with van der Waals surface area (Å²) in [7, 11) is 2.02. The molecule has 3 nitrogen and oxygen atoms in total. The zero-order chi connectivity index (χ0) is 13.0. The van der Waals surface area contributed by atoms with Gasteiger partial charge in [0.2, 0.25) is 0 Å². The van der Waals surface area contributed by atoms with Gasteiger partial charge < -0.3 is 5.32 Å². The fourth-order valence-corrected chi connectivity index (χ4v) is 2.24. The second-order valence-corrected chi connectivity index (χ2v) is 5.29. The molecule has 0 aliphatic rings. The molecule has 0 fully saturated rings. The van der Waals surface area contributed by atoms with Gasteiger partial charge in [-0.3, -0.25) is 4.68 Å². The van der Waals surface area contributed by atoms with E-state index in [4.69, 9.17) is 0 Å². The lowest BCUT2D eigenvalue weighted by molar-refractivity contribution is 0.541. The van der Waals surface area contributed by atoms with Gasteiger partial charge in [-0.2, -0.15) is 5.10 Å². The van der Waals surface area contributed by atoms with Crippen molar-refractivity contribution < 1.29 is 0 Å². The third kappa shape index (κ3) is 3.10. The monoisotopic (exact) mass is 245 g/mol. The average molecular weight is 245 g/mol. The Kier molecular flexibility index (Phi) is 4.37. The SMILES string of the molecule is CC(C)CNCCCc1nn(C)c2ccccc12. The minimum absolute atomic E-state index is 0.723. The molecule has 0 atom stereocenters. The highest BCUT2D eigenvalue weighted by atomic mass is 15.3. The summed E-state index contributed by atoms with van der Waals surface area (Å²) in [5, 5.41) is 9.38. The van der Waals surface area contributed by atoms with E-state index < -0.39 is 0 Å². The summed E-state index contributed by atoms with van der Waals surface area (Å²) in [6.45, 7) is 6.64. The molecule has 98 valence electrons. The van der Waals surface area contributed by atoms with Crippen molar-refractivity contribution in [3.8, 4) is 0 Å². The summed E-state index contributed by atoms with van der Waals surface area (Å²) in [4.78, 5) is 0. The van der Waals surface area contributed by atoms with Crippen LogP contribution in [-0.2, 0) is 13.5 Å². The number of hydrogen-bond acceptors (Lipinski definition) is 2. The second-order valence-electron chi connectivity index (χ2n) is 5.29. The van der Waals surface area contributed by atoms with Crippen molar-refractivity contribution in [2.75, 3.05) is 13.1 Å². The Hall–Kier alpha value is -1.35. The van der Waals surface area contributed by atoms with Gasteiger partial charge in [0.15, 0.2) is 0 Å². The molecule has 2 aromatic rings. The van der Waals surface area contributed by atoms with E-state index in [9.17, 15) is 0 Å². The molecule has 1 heterocycles. The van der Waals surface area contributed by atoms with Gasteiger partial charge >= 0.3 is 0 Å². The van der Waals surface area contributed by atoms with Crippen LogP contribution >= 0.6 is 0 Å². The standard InChI is InChI=1S/C15H23N3/c1-12(2)11-16-10-6-8-14-13-7-4-5-9-15(13)18(3)17-14/h4-5,7,9,12,16H,6,8,10-11H2,1-3H3. The molecule has 1 N–H and O–H groups in total. The number of benzene rings is 1. The summed E-state index contributed by atoms with van der Waals surface area (Å²) < 4.78 is 1.98. The number of aromatic nitrogens is 2. The van der Waals surface area contributed by atoms with E-state index in [1.807, 2.05) is 11.7 Å². The van der Waals surface area contributed by atoms with Crippen molar-refractivity contribution in [1.82, 2.24) is 15.1 Å². The summed E-state index contributed by atoms with van der Waals surface area (Å²) >= 11 is 0. The minimum atomic E-state index is 0.723. The predicted octanol–water partition coefficient (Wildman–Crippen LogP) is 2.75. The van der Waals surface area contributed by atoms with E-state index in [0.29, 0.717) is 0 Å². The molecule has 0 aliphatic carbocycles. The van der Waals surface area contributed by atoms with Crippen LogP contribution in [0, 0.1) is 5.92 Å². The fourth-order valence-electron chi connectivity index (χ4n) is 2.24. The highest BCUT2D eigenvalue weighted by molar-refractivity contribution is 5.81. The lowest BCUT2D eigenvalue weighted by Crippen LogP contribution is -2.21. The van der Waals surface area contributed by atoms with E-state index >= 15 is 0 Å². The number of nitrogens with zero attached hydrogens (tertiary/aromatic N) is 2. The molecule has 0 saturated carbocycles. The van der Waals surface area contributed by atoms with Crippen LogP contribution in [0.15, 0.2) is 24.3 Å². The lowest BCUT2D eigenvalue weighted by Gasteiger charge is -2.06. The van der Waals surface area contributed by atoms with E-state index in [0.717, 1.165) is 31.8 Å². The molecule has 0 aliphatic heterocycles. The molecular formula is C15H23N3. The van der Waals surface area contributed by atoms with Gasteiger partial charge in [0.1, 0.15) is 0 Å². The first kappa shape index (κ1) is 13.1. The molecule has 18 heavy (non-hydrogen) atoms. The number of nitrogens with one attached hydrogen (secondary N) is 1.